The number of pyridine rings is 1. The minimum atomic E-state index is -0.191. The third-order valence-electron chi connectivity index (χ3n) is 4.02. The number of halogens is 1. The second-order valence-corrected chi connectivity index (χ2v) is 6.36. The van der Waals surface area contributed by atoms with E-state index in [1.807, 2.05) is 51.0 Å². The maximum Gasteiger partial charge on any atom is 0.191 e. The Kier molecular flexibility index (Phi) is 7.38. The molecule has 140 valence electrons. The van der Waals surface area contributed by atoms with Gasteiger partial charge in [-0.1, -0.05) is 6.07 Å². The van der Waals surface area contributed by atoms with Gasteiger partial charge in [0.25, 0.3) is 0 Å². The van der Waals surface area contributed by atoms with Crippen molar-refractivity contribution in [1.29, 1.82) is 0 Å². The minimum absolute atomic E-state index is 0.191. The zero-order valence-corrected chi connectivity index (χ0v) is 16.0. The van der Waals surface area contributed by atoms with Crippen LogP contribution in [-0.4, -0.2) is 38.1 Å². The Hall–Kier alpha value is -2.63. The van der Waals surface area contributed by atoms with Gasteiger partial charge in [0, 0.05) is 33.4 Å². The van der Waals surface area contributed by atoms with E-state index in [1.54, 1.807) is 12.3 Å². The quantitative estimate of drug-likeness (QED) is 0.591. The third kappa shape index (κ3) is 6.02. The highest BCUT2D eigenvalue weighted by atomic mass is 19.1. The summed E-state index contributed by atoms with van der Waals surface area (Å²) in [5.41, 5.74) is 3.22. The summed E-state index contributed by atoms with van der Waals surface area (Å²) in [5, 5.41) is 6.59. The van der Waals surface area contributed by atoms with Crippen LogP contribution in [0.4, 0.5) is 10.2 Å². The number of anilines is 1. The molecule has 0 saturated heterocycles. The maximum absolute atomic E-state index is 13.2. The molecule has 0 atom stereocenters. The number of nitrogens with one attached hydrogen (secondary N) is 2. The van der Waals surface area contributed by atoms with Crippen LogP contribution in [-0.2, 0) is 13.0 Å². The molecule has 1 aromatic heterocycles. The SMILES string of the molecule is CCNC(=NCc1ccnc(N(C)C)c1)NCCc1ccc(F)cc1C. The van der Waals surface area contributed by atoms with Gasteiger partial charge in [-0.05, 0) is 61.2 Å². The number of guanidine groups is 1. The molecule has 1 aromatic carbocycles. The van der Waals surface area contributed by atoms with Gasteiger partial charge in [0.15, 0.2) is 5.96 Å². The molecule has 0 spiro atoms. The monoisotopic (exact) mass is 357 g/mol. The predicted octanol–water partition coefficient (Wildman–Crippen LogP) is 2.89. The molecule has 0 aliphatic heterocycles. The number of hydrogen-bond acceptors (Lipinski definition) is 3. The lowest BCUT2D eigenvalue weighted by Crippen LogP contribution is -2.38. The molecule has 0 unspecified atom stereocenters. The van der Waals surface area contributed by atoms with Crippen molar-refractivity contribution >= 4 is 11.8 Å². The molecule has 2 rings (SSSR count). The Balaban J connectivity index is 1.95. The maximum atomic E-state index is 13.2. The Morgan fingerprint density at radius 2 is 2.00 bits per heavy atom. The van der Waals surface area contributed by atoms with Crippen LogP contribution in [0.5, 0.6) is 0 Å². The average Bonchev–Trinajstić information content (AvgIpc) is 2.61. The van der Waals surface area contributed by atoms with Crippen molar-refractivity contribution in [1.82, 2.24) is 15.6 Å². The molecule has 0 saturated carbocycles. The molecule has 2 N–H and O–H groups in total. The number of aromatic nitrogens is 1. The second-order valence-electron chi connectivity index (χ2n) is 6.36. The lowest BCUT2D eigenvalue weighted by molar-refractivity contribution is 0.625. The van der Waals surface area contributed by atoms with Crippen LogP contribution < -0.4 is 15.5 Å². The first-order valence-corrected chi connectivity index (χ1v) is 8.89. The number of hydrogen-bond donors (Lipinski definition) is 2. The predicted molar refractivity (Wildman–Crippen MR) is 106 cm³/mol. The number of nitrogens with zero attached hydrogens (tertiary/aromatic N) is 3. The first-order chi connectivity index (χ1) is 12.5. The zero-order chi connectivity index (χ0) is 18.9. The van der Waals surface area contributed by atoms with E-state index in [0.29, 0.717) is 6.54 Å². The van der Waals surface area contributed by atoms with Gasteiger partial charge in [-0.15, -0.1) is 0 Å². The van der Waals surface area contributed by atoms with Crippen LogP contribution in [0, 0.1) is 12.7 Å². The van der Waals surface area contributed by atoms with Gasteiger partial charge in [0.1, 0.15) is 11.6 Å². The minimum Gasteiger partial charge on any atom is -0.363 e. The van der Waals surface area contributed by atoms with Crippen molar-refractivity contribution in [3.63, 3.8) is 0 Å². The van der Waals surface area contributed by atoms with E-state index in [2.05, 4.69) is 20.6 Å². The molecule has 0 radical (unpaired) electrons. The van der Waals surface area contributed by atoms with E-state index in [4.69, 9.17) is 0 Å². The molecular formula is C20H28FN5. The van der Waals surface area contributed by atoms with Crippen LogP contribution >= 0.6 is 0 Å². The Bertz CT molecular complexity index is 743. The summed E-state index contributed by atoms with van der Waals surface area (Å²) in [4.78, 5) is 10.9. The first kappa shape index (κ1) is 19.7. The smallest absolute Gasteiger partial charge is 0.191 e. The average molecular weight is 357 g/mol. The van der Waals surface area contributed by atoms with Gasteiger partial charge in [-0.25, -0.2) is 14.4 Å². The lowest BCUT2D eigenvalue weighted by Gasteiger charge is -2.13. The number of benzene rings is 1. The van der Waals surface area contributed by atoms with Crippen LogP contribution in [0.25, 0.3) is 0 Å². The van der Waals surface area contributed by atoms with Gasteiger partial charge in [0.05, 0.1) is 6.54 Å². The molecule has 26 heavy (non-hydrogen) atoms. The highest BCUT2D eigenvalue weighted by molar-refractivity contribution is 5.79. The Labute approximate surface area is 155 Å². The summed E-state index contributed by atoms with van der Waals surface area (Å²) in [6.07, 6.45) is 2.62. The Morgan fingerprint density at radius 3 is 2.69 bits per heavy atom. The molecule has 2 aromatic rings. The van der Waals surface area contributed by atoms with E-state index < -0.39 is 0 Å². The van der Waals surface area contributed by atoms with E-state index in [0.717, 1.165) is 48.0 Å². The van der Waals surface area contributed by atoms with Crippen molar-refractivity contribution in [2.45, 2.75) is 26.8 Å². The second kappa shape index (κ2) is 9.75. The summed E-state index contributed by atoms with van der Waals surface area (Å²) in [7, 11) is 3.94. The van der Waals surface area contributed by atoms with Crippen LogP contribution in [0.3, 0.4) is 0 Å². The highest BCUT2D eigenvalue weighted by Gasteiger charge is 2.03. The number of aryl methyl sites for hydroxylation is 1. The summed E-state index contributed by atoms with van der Waals surface area (Å²) in [6, 6.07) is 8.93. The lowest BCUT2D eigenvalue weighted by atomic mass is 10.1. The topological polar surface area (TPSA) is 52.6 Å². The highest BCUT2D eigenvalue weighted by Crippen LogP contribution is 2.11. The van der Waals surface area contributed by atoms with Crippen molar-refractivity contribution in [3.05, 3.63) is 59.0 Å². The molecule has 0 amide bonds. The molecule has 6 heteroatoms. The number of aliphatic imine (C=N–C) groups is 1. The van der Waals surface area contributed by atoms with E-state index in [1.165, 1.54) is 6.07 Å². The molecule has 0 aliphatic rings. The third-order valence-corrected chi connectivity index (χ3v) is 4.02. The van der Waals surface area contributed by atoms with Gasteiger partial charge in [-0.2, -0.15) is 0 Å². The summed E-state index contributed by atoms with van der Waals surface area (Å²) in [6.45, 7) is 6.08. The van der Waals surface area contributed by atoms with Gasteiger partial charge in [0.2, 0.25) is 0 Å². The molecule has 5 nitrogen and oxygen atoms in total. The van der Waals surface area contributed by atoms with Crippen molar-refractivity contribution < 1.29 is 4.39 Å². The fourth-order valence-corrected chi connectivity index (χ4v) is 2.57. The number of rotatable bonds is 7. The van der Waals surface area contributed by atoms with Crippen LogP contribution in [0.15, 0.2) is 41.5 Å². The first-order valence-electron chi connectivity index (χ1n) is 8.89. The molecule has 0 bridgehead atoms. The fraction of sp³-hybridized carbons (Fsp3) is 0.400. The summed E-state index contributed by atoms with van der Waals surface area (Å²) in [5.74, 6) is 1.50. The normalized spacial score (nSPS) is 11.3. The van der Waals surface area contributed by atoms with Crippen LogP contribution in [0.1, 0.15) is 23.6 Å². The van der Waals surface area contributed by atoms with E-state index >= 15 is 0 Å². The molecular weight excluding hydrogens is 329 g/mol. The standard InChI is InChI=1S/C20H28FN5/c1-5-22-20(24-11-9-17-6-7-18(21)12-15(17)2)25-14-16-8-10-23-19(13-16)26(3)4/h6-8,10,12-13H,5,9,11,14H2,1-4H3,(H2,22,24,25). The molecule has 1 heterocycles. The van der Waals surface area contributed by atoms with Gasteiger partial charge >= 0.3 is 0 Å². The zero-order valence-electron chi connectivity index (χ0n) is 16.0. The van der Waals surface area contributed by atoms with Crippen molar-refractivity contribution in [2.24, 2.45) is 4.99 Å². The summed E-state index contributed by atoms with van der Waals surface area (Å²) >= 11 is 0. The van der Waals surface area contributed by atoms with Crippen LogP contribution in [0.2, 0.25) is 0 Å². The largest absolute Gasteiger partial charge is 0.363 e. The van der Waals surface area contributed by atoms with Crippen molar-refractivity contribution in [3.8, 4) is 0 Å². The van der Waals surface area contributed by atoms with Gasteiger partial charge < -0.3 is 15.5 Å². The van der Waals surface area contributed by atoms with E-state index in [9.17, 15) is 4.39 Å². The van der Waals surface area contributed by atoms with Crippen molar-refractivity contribution in [2.75, 3.05) is 32.1 Å². The summed E-state index contributed by atoms with van der Waals surface area (Å²) < 4.78 is 13.2. The van der Waals surface area contributed by atoms with Gasteiger partial charge in [-0.3, -0.25) is 0 Å². The molecule has 0 fully saturated rings. The Morgan fingerprint density at radius 1 is 1.19 bits per heavy atom. The van der Waals surface area contributed by atoms with E-state index in [-0.39, 0.29) is 5.82 Å². The molecule has 0 aliphatic carbocycles. The fourth-order valence-electron chi connectivity index (χ4n) is 2.57.